The molecule has 1 N–H and O–H groups in total. The first-order chi connectivity index (χ1) is 4.98. The lowest BCUT2D eigenvalue weighted by Crippen LogP contribution is -2.20. The predicted molar refractivity (Wildman–Crippen MR) is 47.2 cm³/mol. The lowest BCUT2D eigenvalue weighted by molar-refractivity contribution is 0.118. The van der Waals surface area contributed by atoms with Crippen LogP contribution in [0.1, 0.15) is 20.3 Å². The summed E-state index contributed by atoms with van der Waals surface area (Å²) in [6.07, 6.45) is 0.674. The van der Waals surface area contributed by atoms with E-state index in [4.69, 9.17) is 0 Å². The van der Waals surface area contributed by atoms with E-state index in [1.165, 1.54) is 0 Å². The van der Waals surface area contributed by atoms with Crippen molar-refractivity contribution in [3.63, 3.8) is 0 Å². The van der Waals surface area contributed by atoms with Crippen LogP contribution >= 0.6 is 0 Å². The Bertz CT molecular complexity index is 162. The van der Waals surface area contributed by atoms with Crippen molar-refractivity contribution in [1.82, 2.24) is 4.90 Å². The number of rotatable bonds is 2. The van der Waals surface area contributed by atoms with Crippen LogP contribution in [-0.2, 0) is 0 Å². The van der Waals surface area contributed by atoms with Gasteiger partial charge in [-0.2, -0.15) is 0 Å². The molecule has 0 heterocycles. The summed E-state index contributed by atoms with van der Waals surface area (Å²) in [5.74, 6) is 5.71. The maximum Gasteiger partial charge on any atom is 0.122 e. The Morgan fingerprint density at radius 3 is 2.36 bits per heavy atom. The van der Waals surface area contributed by atoms with Gasteiger partial charge in [-0.3, -0.25) is 4.90 Å². The van der Waals surface area contributed by atoms with E-state index in [9.17, 15) is 5.11 Å². The molecule has 0 aliphatic heterocycles. The van der Waals surface area contributed by atoms with Gasteiger partial charge in [0.2, 0.25) is 0 Å². The molecule has 11 heavy (non-hydrogen) atoms. The zero-order chi connectivity index (χ0) is 8.91. The van der Waals surface area contributed by atoms with Crippen LogP contribution in [0.3, 0.4) is 0 Å². The van der Waals surface area contributed by atoms with E-state index in [2.05, 4.69) is 11.8 Å². The molecule has 0 radical (unpaired) electrons. The summed E-state index contributed by atoms with van der Waals surface area (Å²) >= 11 is 0. The number of nitrogens with zero attached hydrogens (tertiary/aromatic N) is 1. The minimum absolute atomic E-state index is 0.674. The Balaban J connectivity index is 3.86. The molecule has 0 aromatic carbocycles. The molecule has 0 bridgehead atoms. The molecule has 1 unspecified atom stereocenters. The number of hydrogen-bond acceptors (Lipinski definition) is 2. The van der Waals surface area contributed by atoms with Crippen LogP contribution in [-0.4, -0.2) is 36.2 Å². The van der Waals surface area contributed by atoms with Gasteiger partial charge in [-0.05, 0) is 27.4 Å². The van der Waals surface area contributed by atoms with Gasteiger partial charge in [0, 0.05) is 0 Å². The van der Waals surface area contributed by atoms with Crippen molar-refractivity contribution in [1.29, 1.82) is 0 Å². The van der Waals surface area contributed by atoms with E-state index in [-0.39, 0.29) is 0 Å². The molecular weight excluding hydrogens is 138 g/mol. The Hall–Kier alpha value is -0.520. The maximum absolute atomic E-state index is 9.44. The molecule has 64 valence electrons. The van der Waals surface area contributed by atoms with Crippen LogP contribution in [0.15, 0.2) is 0 Å². The fourth-order valence-electron chi connectivity index (χ4n) is 0.476. The molecule has 0 aromatic rings. The first-order valence-corrected chi connectivity index (χ1v) is 3.85. The fraction of sp³-hybridized carbons (Fsp3) is 0.778. The van der Waals surface area contributed by atoms with Crippen LogP contribution in [0.4, 0.5) is 0 Å². The van der Waals surface area contributed by atoms with Crippen molar-refractivity contribution in [2.45, 2.75) is 25.9 Å². The van der Waals surface area contributed by atoms with Gasteiger partial charge >= 0.3 is 0 Å². The number of aliphatic hydroxyl groups is 1. The van der Waals surface area contributed by atoms with Gasteiger partial charge in [0.15, 0.2) is 0 Å². The Labute approximate surface area is 69.2 Å². The average Bonchev–Trinajstić information content (AvgIpc) is 1.87. The zero-order valence-corrected chi connectivity index (χ0v) is 7.81. The first-order valence-electron chi connectivity index (χ1n) is 3.85. The second-order valence-corrected chi connectivity index (χ2v) is 3.17. The van der Waals surface area contributed by atoms with Gasteiger partial charge in [0.1, 0.15) is 5.60 Å². The largest absolute Gasteiger partial charge is 0.378 e. The standard InChI is InChI=1S/C9H17NO/c1-5-9(2,11)7-6-8-10(3)4/h11H,5,8H2,1-4H3. The molecule has 0 rings (SSSR count). The molecule has 1 atom stereocenters. The highest BCUT2D eigenvalue weighted by molar-refractivity contribution is 5.12. The second-order valence-electron chi connectivity index (χ2n) is 3.17. The Morgan fingerprint density at radius 1 is 1.45 bits per heavy atom. The van der Waals surface area contributed by atoms with Crippen molar-refractivity contribution in [2.24, 2.45) is 0 Å². The molecule has 0 saturated carbocycles. The summed E-state index contributed by atoms with van der Waals surface area (Å²) in [7, 11) is 3.91. The zero-order valence-electron chi connectivity index (χ0n) is 7.81. The molecule has 2 heteroatoms. The van der Waals surface area contributed by atoms with Crippen molar-refractivity contribution < 1.29 is 5.11 Å². The quantitative estimate of drug-likeness (QED) is 0.594. The van der Waals surface area contributed by atoms with Gasteiger partial charge < -0.3 is 5.11 Å². The maximum atomic E-state index is 9.44. The Morgan fingerprint density at radius 2 is 2.00 bits per heavy atom. The van der Waals surface area contributed by atoms with Gasteiger partial charge in [-0.25, -0.2) is 0 Å². The second kappa shape index (κ2) is 4.38. The fourth-order valence-corrected chi connectivity index (χ4v) is 0.476. The van der Waals surface area contributed by atoms with Crippen LogP contribution in [0.2, 0.25) is 0 Å². The summed E-state index contributed by atoms with van der Waals surface area (Å²) in [5.41, 5.74) is -0.810. The van der Waals surface area contributed by atoms with E-state index in [0.29, 0.717) is 13.0 Å². The van der Waals surface area contributed by atoms with Gasteiger partial charge in [0.25, 0.3) is 0 Å². The molecule has 2 nitrogen and oxygen atoms in total. The molecular formula is C9H17NO. The molecule has 0 saturated heterocycles. The molecule has 0 aliphatic rings. The third kappa shape index (κ3) is 5.90. The summed E-state index contributed by atoms with van der Waals surface area (Å²) < 4.78 is 0. The topological polar surface area (TPSA) is 23.5 Å². The van der Waals surface area contributed by atoms with Crippen LogP contribution < -0.4 is 0 Å². The lowest BCUT2D eigenvalue weighted by Gasteiger charge is -2.12. The van der Waals surface area contributed by atoms with E-state index < -0.39 is 5.60 Å². The van der Waals surface area contributed by atoms with E-state index in [0.717, 1.165) is 0 Å². The number of hydrogen-bond donors (Lipinski definition) is 1. The van der Waals surface area contributed by atoms with Crippen LogP contribution in [0, 0.1) is 11.8 Å². The predicted octanol–water partition coefficient (Wildman–Crippen LogP) is 0.712. The summed E-state index contributed by atoms with van der Waals surface area (Å²) in [6, 6.07) is 0. The van der Waals surface area contributed by atoms with Gasteiger partial charge in [0.05, 0.1) is 6.54 Å². The molecule has 0 aliphatic carbocycles. The van der Waals surface area contributed by atoms with E-state index in [1.54, 1.807) is 6.92 Å². The summed E-state index contributed by atoms with van der Waals surface area (Å²) in [4.78, 5) is 1.97. The smallest absolute Gasteiger partial charge is 0.122 e. The average molecular weight is 155 g/mol. The van der Waals surface area contributed by atoms with Crippen molar-refractivity contribution in [3.8, 4) is 11.8 Å². The molecule has 0 aromatic heterocycles. The van der Waals surface area contributed by atoms with Gasteiger partial charge in [-0.1, -0.05) is 18.8 Å². The van der Waals surface area contributed by atoms with Crippen molar-refractivity contribution in [3.05, 3.63) is 0 Å². The molecule has 0 fully saturated rings. The molecule has 0 amide bonds. The van der Waals surface area contributed by atoms with Crippen molar-refractivity contribution >= 4 is 0 Å². The summed E-state index contributed by atoms with van der Waals surface area (Å²) in [5, 5.41) is 9.44. The third-order valence-electron chi connectivity index (χ3n) is 1.44. The lowest BCUT2D eigenvalue weighted by atomic mass is 10.1. The Kier molecular flexibility index (Phi) is 4.17. The minimum atomic E-state index is -0.810. The minimum Gasteiger partial charge on any atom is -0.378 e. The monoisotopic (exact) mass is 155 g/mol. The van der Waals surface area contributed by atoms with Crippen molar-refractivity contribution in [2.75, 3.05) is 20.6 Å². The van der Waals surface area contributed by atoms with Crippen LogP contribution in [0.5, 0.6) is 0 Å². The normalized spacial score (nSPS) is 15.5. The van der Waals surface area contributed by atoms with E-state index >= 15 is 0 Å². The highest BCUT2D eigenvalue weighted by atomic mass is 16.3. The first kappa shape index (κ1) is 10.5. The SMILES string of the molecule is CCC(C)(O)C#CCN(C)C. The van der Waals surface area contributed by atoms with Gasteiger partial charge in [-0.15, -0.1) is 0 Å². The highest BCUT2D eigenvalue weighted by Gasteiger charge is 2.11. The van der Waals surface area contributed by atoms with E-state index in [1.807, 2.05) is 25.9 Å². The molecule has 0 spiro atoms. The summed E-state index contributed by atoms with van der Waals surface area (Å²) in [6.45, 7) is 4.36. The highest BCUT2D eigenvalue weighted by Crippen LogP contribution is 2.04. The third-order valence-corrected chi connectivity index (χ3v) is 1.44. The van der Waals surface area contributed by atoms with Crippen LogP contribution in [0.25, 0.3) is 0 Å².